The van der Waals surface area contributed by atoms with Gasteiger partial charge in [0.05, 0.1) is 18.2 Å². The molecule has 6 nitrogen and oxygen atoms in total. The van der Waals surface area contributed by atoms with E-state index in [-0.39, 0.29) is 18.2 Å². The van der Waals surface area contributed by atoms with Crippen LogP contribution in [0.4, 0.5) is 5.00 Å². The van der Waals surface area contributed by atoms with Crippen molar-refractivity contribution in [3.05, 3.63) is 39.4 Å². The number of carbonyl (C=O) groups excluding carboxylic acids is 2. The van der Waals surface area contributed by atoms with E-state index in [0.717, 1.165) is 43.4 Å². The Balaban J connectivity index is 1.68. The minimum atomic E-state index is -0.391. The highest BCUT2D eigenvalue weighted by Crippen LogP contribution is 2.38. The maximum Gasteiger partial charge on any atom is 0.341 e. The van der Waals surface area contributed by atoms with Gasteiger partial charge in [-0.05, 0) is 49.3 Å². The molecule has 0 aliphatic heterocycles. The Morgan fingerprint density at radius 1 is 1.29 bits per heavy atom. The third-order valence-corrected chi connectivity index (χ3v) is 7.43. The normalized spacial score (nSPS) is 13.3. The summed E-state index contributed by atoms with van der Waals surface area (Å²) in [5, 5.41) is 13.5. The van der Waals surface area contributed by atoms with Crippen molar-refractivity contribution in [2.45, 2.75) is 63.3 Å². The lowest BCUT2D eigenvalue weighted by Gasteiger charge is -2.09. The average Bonchev–Trinajstić information content (AvgIpc) is 2.92. The summed E-state index contributed by atoms with van der Waals surface area (Å²) in [5.41, 5.74) is 2.99. The Hall–Kier alpha value is -2.37. The van der Waals surface area contributed by atoms with E-state index in [4.69, 9.17) is 4.74 Å². The molecule has 1 amide bonds. The molecule has 3 rings (SSSR count). The zero-order valence-electron chi connectivity index (χ0n) is 18.1. The van der Waals surface area contributed by atoms with E-state index in [9.17, 15) is 14.9 Å². The minimum Gasteiger partial charge on any atom is -0.465 e. The Labute approximate surface area is 191 Å². The number of hydrogen-bond donors (Lipinski definition) is 1. The highest BCUT2D eigenvalue weighted by atomic mass is 32.2. The zero-order chi connectivity index (χ0) is 22.4. The molecular formula is C23H27N3O3S2. The first-order valence-corrected chi connectivity index (χ1v) is 12.3. The van der Waals surface area contributed by atoms with E-state index in [0.29, 0.717) is 26.9 Å². The van der Waals surface area contributed by atoms with E-state index in [2.05, 4.69) is 30.2 Å². The van der Waals surface area contributed by atoms with Gasteiger partial charge in [-0.15, -0.1) is 23.1 Å². The Kier molecular flexibility index (Phi) is 8.10. The van der Waals surface area contributed by atoms with Gasteiger partial charge >= 0.3 is 5.97 Å². The fourth-order valence-electron chi connectivity index (χ4n) is 3.55. The van der Waals surface area contributed by atoms with Gasteiger partial charge in [-0.3, -0.25) is 4.79 Å². The van der Waals surface area contributed by atoms with Gasteiger partial charge < -0.3 is 10.1 Å². The number of ether oxygens (including phenoxy) is 1. The average molecular weight is 458 g/mol. The van der Waals surface area contributed by atoms with E-state index >= 15 is 0 Å². The lowest BCUT2D eigenvalue weighted by atomic mass is 10.1. The van der Waals surface area contributed by atoms with E-state index in [1.165, 1.54) is 35.1 Å². The number of amides is 1. The number of esters is 1. The number of aromatic nitrogens is 1. The second-order valence-electron chi connectivity index (χ2n) is 7.76. The number of nitriles is 1. The Bertz CT molecular complexity index is 1010. The summed E-state index contributed by atoms with van der Waals surface area (Å²) < 4.78 is 4.99. The van der Waals surface area contributed by atoms with Crippen LogP contribution in [-0.2, 0) is 22.4 Å². The molecule has 31 heavy (non-hydrogen) atoms. The number of pyridine rings is 1. The molecular weight excluding hydrogens is 430 g/mol. The van der Waals surface area contributed by atoms with Gasteiger partial charge in [0.2, 0.25) is 5.91 Å². The zero-order valence-corrected chi connectivity index (χ0v) is 19.8. The number of aryl methyl sites for hydroxylation is 1. The van der Waals surface area contributed by atoms with Crippen LogP contribution in [0.3, 0.4) is 0 Å². The number of thiophene rings is 1. The first-order valence-electron chi connectivity index (χ1n) is 10.5. The molecule has 0 radical (unpaired) electrons. The first-order chi connectivity index (χ1) is 14.9. The minimum absolute atomic E-state index is 0.160. The molecule has 0 aromatic carbocycles. The fraction of sp³-hybridized carbons (Fsp3) is 0.478. The van der Waals surface area contributed by atoms with Gasteiger partial charge in [0.25, 0.3) is 0 Å². The summed E-state index contributed by atoms with van der Waals surface area (Å²) in [6.45, 7) is 4.11. The molecule has 0 unspecified atom stereocenters. The van der Waals surface area contributed by atoms with Crippen molar-refractivity contribution in [3.8, 4) is 6.07 Å². The van der Waals surface area contributed by atoms with Crippen LogP contribution in [-0.4, -0.2) is 29.7 Å². The molecule has 2 aromatic heterocycles. The van der Waals surface area contributed by atoms with E-state index < -0.39 is 5.97 Å². The third-order valence-electron chi connectivity index (χ3n) is 5.23. The quantitative estimate of drug-likeness (QED) is 0.344. The monoisotopic (exact) mass is 457 g/mol. The highest BCUT2D eigenvalue weighted by molar-refractivity contribution is 7.99. The van der Waals surface area contributed by atoms with Crippen molar-refractivity contribution in [2.24, 2.45) is 0 Å². The molecule has 0 bridgehead atoms. The highest BCUT2D eigenvalue weighted by Gasteiger charge is 2.26. The van der Waals surface area contributed by atoms with Crippen LogP contribution in [0.5, 0.6) is 0 Å². The van der Waals surface area contributed by atoms with Crippen molar-refractivity contribution in [1.82, 2.24) is 4.98 Å². The molecule has 164 valence electrons. The lowest BCUT2D eigenvalue weighted by Crippen LogP contribution is -2.15. The summed E-state index contributed by atoms with van der Waals surface area (Å²) in [5.74, 6) is 0.208. The molecule has 1 aliphatic rings. The van der Waals surface area contributed by atoms with Crippen molar-refractivity contribution in [1.29, 1.82) is 5.26 Å². The standard InChI is InChI=1S/C23H27N3O3S2/c1-14(2)17-10-9-15(13-24)21(25-17)30-12-11-19(27)26-22-20(23(28)29-3)16-7-5-4-6-8-18(16)31-22/h9-10,14H,4-8,11-12H2,1-3H3,(H,26,27). The predicted molar refractivity (Wildman–Crippen MR) is 124 cm³/mol. The molecule has 0 saturated heterocycles. The van der Waals surface area contributed by atoms with Crippen LogP contribution in [0.2, 0.25) is 0 Å². The summed E-state index contributed by atoms with van der Waals surface area (Å²) in [6.07, 6.45) is 5.33. The number of rotatable bonds is 7. The van der Waals surface area contributed by atoms with Crippen LogP contribution < -0.4 is 5.32 Å². The van der Waals surface area contributed by atoms with Crippen molar-refractivity contribution in [2.75, 3.05) is 18.2 Å². The summed E-state index contributed by atoms with van der Waals surface area (Å²) >= 11 is 2.90. The number of fused-ring (bicyclic) bond motifs is 1. The molecule has 1 aliphatic carbocycles. The number of carbonyl (C=O) groups is 2. The molecule has 2 heterocycles. The molecule has 0 atom stereocenters. The number of hydrogen-bond acceptors (Lipinski definition) is 7. The van der Waals surface area contributed by atoms with Crippen LogP contribution in [0, 0.1) is 11.3 Å². The number of methoxy groups -OCH3 is 1. The SMILES string of the molecule is COC(=O)c1c(NC(=O)CCSc2nc(C(C)C)ccc2C#N)sc2c1CCCCC2. The molecule has 1 N–H and O–H groups in total. The Morgan fingerprint density at radius 2 is 2.06 bits per heavy atom. The topological polar surface area (TPSA) is 92.1 Å². The summed E-state index contributed by atoms with van der Waals surface area (Å²) in [7, 11) is 1.37. The predicted octanol–water partition coefficient (Wildman–Crippen LogP) is 5.31. The molecule has 2 aromatic rings. The second kappa shape index (κ2) is 10.8. The van der Waals surface area contributed by atoms with Crippen molar-refractivity contribution in [3.63, 3.8) is 0 Å². The third kappa shape index (κ3) is 5.66. The van der Waals surface area contributed by atoms with Gasteiger partial charge in [-0.2, -0.15) is 5.26 Å². The maximum absolute atomic E-state index is 12.6. The number of anilines is 1. The number of nitrogens with zero attached hydrogens (tertiary/aromatic N) is 2. The van der Waals surface area contributed by atoms with Gasteiger partial charge in [-0.25, -0.2) is 9.78 Å². The Morgan fingerprint density at radius 3 is 2.77 bits per heavy atom. The maximum atomic E-state index is 12.6. The summed E-state index contributed by atoms with van der Waals surface area (Å²) in [6, 6.07) is 5.82. The molecule has 8 heteroatoms. The number of thioether (sulfide) groups is 1. The van der Waals surface area contributed by atoms with Crippen LogP contribution >= 0.6 is 23.1 Å². The first kappa shape index (κ1) is 23.3. The van der Waals surface area contributed by atoms with Crippen molar-refractivity contribution >= 4 is 40.0 Å². The largest absolute Gasteiger partial charge is 0.465 e. The van der Waals surface area contributed by atoms with E-state index in [1.54, 1.807) is 6.07 Å². The number of nitrogens with one attached hydrogen (secondary N) is 1. The molecule has 0 saturated carbocycles. The molecule has 0 fully saturated rings. The lowest BCUT2D eigenvalue weighted by molar-refractivity contribution is -0.115. The second-order valence-corrected chi connectivity index (χ2v) is 9.95. The van der Waals surface area contributed by atoms with Crippen molar-refractivity contribution < 1.29 is 14.3 Å². The van der Waals surface area contributed by atoms with Gasteiger partial charge in [0.1, 0.15) is 16.1 Å². The van der Waals surface area contributed by atoms with Crippen LogP contribution in [0.1, 0.15) is 77.5 Å². The fourth-order valence-corrected chi connectivity index (χ4v) is 5.76. The van der Waals surface area contributed by atoms with Gasteiger partial charge in [0.15, 0.2) is 0 Å². The smallest absolute Gasteiger partial charge is 0.341 e. The van der Waals surface area contributed by atoms with E-state index in [1.807, 2.05) is 6.07 Å². The van der Waals surface area contributed by atoms with Gasteiger partial charge in [0, 0.05) is 22.7 Å². The molecule has 0 spiro atoms. The van der Waals surface area contributed by atoms with Crippen LogP contribution in [0.25, 0.3) is 0 Å². The van der Waals surface area contributed by atoms with Gasteiger partial charge in [-0.1, -0.05) is 20.3 Å². The summed E-state index contributed by atoms with van der Waals surface area (Å²) in [4.78, 5) is 30.8. The van der Waals surface area contributed by atoms with Crippen LogP contribution in [0.15, 0.2) is 17.2 Å².